The molecule has 0 amide bonds. The largest absolute Gasteiger partial charge is 0.491 e. The van der Waals surface area contributed by atoms with Crippen molar-refractivity contribution < 1.29 is 24.8 Å². The Balaban J connectivity index is 2.54. The first kappa shape index (κ1) is 15.9. The lowest BCUT2D eigenvalue weighted by Gasteiger charge is -2.10. The average Bonchev–Trinajstić information content (AvgIpc) is 2.39. The third-order valence-electron chi connectivity index (χ3n) is 2.56. The van der Waals surface area contributed by atoms with Gasteiger partial charge in [-0.2, -0.15) is 0 Å². The first-order valence-corrected chi connectivity index (χ1v) is 6.46. The van der Waals surface area contributed by atoms with E-state index in [1.807, 2.05) is 18.2 Å². The second-order valence-corrected chi connectivity index (χ2v) is 4.12. The number of rotatable bonds is 10. The van der Waals surface area contributed by atoms with Crippen molar-refractivity contribution in [3.8, 4) is 5.75 Å². The minimum absolute atomic E-state index is 0.00658. The zero-order valence-electron chi connectivity index (χ0n) is 11.0. The van der Waals surface area contributed by atoms with Crippen LogP contribution in [0.25, 0.3) is 0 Å². The Morgan fingerprint density at radius 1 is 0.737 bits per heavy atom. The van der Waals surface area contributed by atoms with E-state index in [9.17, 15) is 0 Å². The van der Waals surface area contributed by atoms with Crippen LogP contribution in [0.15, 0.2) is 18.2 Å². The smallest absolute Gasteiger partial charge is 0.119 e. The van der Waals surface area contributed by atoms with E-state index < -0.39 is 0 Å². The number of hydrogen-bond donors (Lipinski definition) is 3. The lowest BCUT2D eigenvalue weighted by Crippen LogP contribution is -2.09. The van der Waals surface area contributed by atoms with E-state index >= 15 is 0 Å². The molecule has 5 heteroatoms. The van der Waals surface area contributed by atoms with E-state index in [2.05, 4.69) is 0 Å². The van der Waals surface area contributed by atoms with Gasteiger partial charge in [0, 0.05) is 13.2 Å². The third kappa shape index (κ3) is 6.54. The van der Waals surface area contributed by atoms with Gasteiger partial charge < -0.3 is 24.8 Å². The molecule has 0 saturated heterocycles. The Morgan fingerprint density at radius 2 is 1.37 bits per heavy atom. The zero-order valence-corrected chi connectivity index (χ0v) is 11.0. The van der Waals surface area contributed by atoms with Crippen LogP contribution in [-0.4, -0.2) is 55.0 Å². The van der Waals surface area contributed by atoms with E-state index in [-0.39, 0.29) is 19.8 Å². The SMILES string of the molecule is OCCOCCOc1cc(CCO)cc(CCO)c1. The predicted octanol–water partition coefficient (Wildman–Crippen LogP) is 0.144. The standard InChI is InChI=1S/C14H22O5/c15-3-1-12-9-13(2-4-16)11-14(10-12)19-8-7-18-6-5-17/h9-11,15-17H,1-8H2. The molecule has 3 N–H and O–H groups in total. The molecule has 0 aromatic heterocycles. The molecule has 1 aromatic rings. The molecule has 0 unspecified atom stereocenters. The number of benzene rings is 1. The molecule has 0 saturated carbocycles. The van der Waals surface area contributed by atoms with Crippen LogP contribution >= 0.6 is 0 Å². The average molecular weight is 270 g/mol. The van der Waals surface area contributed by atoms with Crippen molar-refractivity contribution in [1.82, 2.24) is 0 Å². The summed E-state index contributed by atoms with van der Waals surface area (Å²) in [4.78, 5) is 0. The van der Waals surface area contributed by atoms with Crippen LogP contribution in [0.3, 0.4) is 0 Å². The van der Waals surface area contributed by atoms with Gasteiger partial charge >= 0.3 is 0 Å². The molecule has 0 aliphatic rings. The Bertz CT molecular complexity index is 329. The number of aliphatic hydroxyl groups is 3. The Kier molecular flexibility index (Phi) is 8.16. The maximum atomic E-state index is 8.97. The minimum Gasteiger partial charge on any atom is -0.491 e. The van der Waals surface area contributed by atoms with Crippen LogP contribution in [-0.2, 0) is 17.6 Å². The molecule has 19 heavy (non-hydrogen) atoms. The summed E-state index contributed by atoms with van der Waals surface area (Å²) >= 11 is 0. The summed E-state index contributed by atoms with van der Waals surface area (Å²) in [5.41, 5.74) is 1.97. The predicted molar refractivity (Wildman–Crippen MR) is 71.4 cm³/mol. The van der Waals surface area contributed by atoms with Gasteiger partial charge in [0.05, 0.1) is 19.8 Å². The molecule has 0 spiro atoms. The molecule has 5 nitrogen and oxygen atoms in total. The molecule has 0 radical (unpaired) electrons. The van der Waals surface area contributed by atoms with E-state index in [4.69, 9.17) is 24.8 Å². The summed E-state index contributed by atoms with van der Waals surface area (Å²) in [7, 11) is 0. The molecule has 108 valence electrons. The third-order valence-corrected chi connectivity index (χ3v) is 2.56. The normalized spacial score (nSPS) is 10.7. The maximum absolute atomic E-state index is 8.97. The zero-order chi connectivity index (χ0) is 13.9. The summed E-state index contributed by atoms with van der Waals surface area (Å²) in [5, 5.41) is 26.5. The molecule has 1 rings (SSSR count). The van der Waals surface area contributed by atoms with Gasteiger partial charge in [-0.15, -0.1) is 0 Å². The highest BCUT2D eigenvalue weighted by molar-refractivity contribution is 5.35. The molecule has 0 heterocycles. The van der Waals surface area contributed by atoms with Crippen molar-refractivity contribution in [2.24, 2.45) is 0 Å². The topological polar surface area (TPSA) is 79.2 Å². The number of aliphatic hydroxyl groups excluding tert-OH is 3. The number of hydrogen-bond acceptors (Lipinski definition) is 5. The van der Waals surface area contributed by atoms with Crippen molar-refractivity contribution in [2.75, 3.05) is 39.6 Å². The highest BCUT2D eigenvalue weighted by Crippen LogP contribution is 2.18. The molecule has 0 atom stereocenters. The fourth-order valence-corrected chi connectivity index (χ4v) is 1.74. The quantitative estimate of drug-likeness (QED) is 0.527. The maximum Gasteiger partial charge on any atom is 0.119 e. The van der Waals surface area contributed by atoms with Crippen LogP contribution in [0.4, 0.5) is 0 Å². The fraction of sp³-hybridized carbons (Fsp3) is 0.571. The van der Waals surface area contributed by atoms with Crippen LogP contribution in [0.5, 0.6) is 5.75 Å². The summed E-state index contributed by atoms with van der Waals surface area (Å²) in [5.74, 6) is 0.710. The van der Waals surface area contributed by atoms with Gasteiger partial charge in [-0.05, 0) is 36.1 Å². The fourth-order valence-electron chi connectivity index (χ4n) is 1.74. The molecule has 0 bridgehead atoms. The Morgan fingerprint density at radius 3 is 1.89 bits per heavy atom. The Labute approximate surface area is 113 Å². The van der Waals surface area contributed by atoms with Gasteiger partial charge in [0.15, 0.2) is 0 Å². The lowest BCUT2D eigenvalue weighted by atomic mass is 10.1. The molecule has 0 aliphatic heterocycles. The summed E-state index contributed by atoms with van der Waals surface area (Å²) < 4.78 is 10.7. The van der Waals surface area contributed by atoms with Crippen molar-refractivity contribution in [3.05, 3.63) is 29.3 Å². The first-order valence-electron chi connectivity index (χ1n) is 6.46. The van der Waals surface area contributed by atoms with Gasteiger partial charge in [-0.3, -0.25) is 0 Å². The van der Waals surface area contributed by atoms with Gasteiger partial charge in [0.2, 0.25) is 0 Å². The molecular weight excluding hydrogens is 248 g/mol. The summed E-state index contributed by atoms with van der Waals surface area (Å²) in [6.45, 7) is 1.31. The molecule has 0 aliphatic carbocycles. The van der Waals surface area contributed by atoms with E-state index in [0.717, 1.165) is 11.1 Å². The molecule has 1 aromatic carbocycles. The Hall–Kier alpha value is -1.14. The monoisotopic (exact) mass is 270 g/mol. The van der Waals surface area contributed by atoms with Gasteiger partial charge in [0.25, 0.3) is 0 Å². The molecular formula is C14H22O5. The van der Waals surface area contributed by atoms with Crippen molar-refractivity contribution in [1.29, 1.82) is 0 Å². The van der Waals surface area contributed by atoms with E-state index in [1.165, 1.54) is 0 Å². The highest BCUT2D eigenvalue weighted by atomic mass is 16.5. The van der Waals surface area contributed by atoms with Gasteiger partial charge in [0.1, 0.15) is 12.4 Å². The van der Waals surface area contributed by atoms with Crippen molar-refractivity contribution >= 4 is 0 Å². The summed E-state index contributed by atoms with van der Waals surface area (Å²) in [6.07, 6.45) is 1.13. The van der Waals surface area contributed by atoms with Crippen LogP contribution in [0.2, 0.25) is 0 Å². The number of ether oxygens (including phenoxy) is 2. The van der Waals surface area contributed by atoms with E-state index in [0.29, 0.717) is 38.4 Å². The van der Waals surface area contributed by atoms with Gasteiger partial charge in [-0.25, -0.2) is 0 Å². The van der Waals surface area contributed by atoms with Crippen molar-refractivity contribution in [2.45, 2.75) is 12.8 Å². The lowest BCUT2D eigenvalue weighted by molar-refractivity contribution is 0.0705. The molecule has 0 fully saturated rings. The summed E-state index contributed by atoms with van der Waals surface area (Å²) in [6, 6.07) is 5.72. The van der Waals surface area contributed by atoms with Crippen molar-refractivity contribution in [3.63, 3.8) is 0 Å². The van der Waals surface area contributed by atoms with Crippen LogP contribution < -0.4 is 4.74 Å². The second kappa shape index (κ2) is 9.75. The van der Waals surface area contributed by atoms with E-state index in [1.54, 1.807) is 0 Å². The van der Waals surface area contributed by atoms with Gasteiger partial charge in [-0.1, -0.05) is 6.07 Å². The second-order valence-electron chi connectivity index (χ2n) is 4.12. The first-order chi connectivity index (χ1) is 9.30. The minimum atomic E-state index is 0.00658. The van der Waals surface area contributed by atoms with Crippen LogP contribution in [0, 0.1) is 0 Å². The van der Waals surface area contributed by atoms with Crippen LogP contribution in [0.1, 0.15) is 11.1 Å². The highest BCUT2D eigenvalue weighted by Gasteiger charge is 2.02.